The summed E-state index contributed by atoms with van der Waals surface area (Å²) in [4.78, 5) is 2.64. The Bertz CT molecular complexity index is 448. The van der Waals surface area contributed by atoms with Crippen LogP contribution in [0.25, 0.3) is 0 Å². The van der Waals surface area contributed by atoms with E-state index in [0.717, 1.165) is 6.42 Å². The number of hydrogen-bond donors (Lipinski definition) is 0. The van der Waals surface area contributed by atoms with Crippen LogP contribution in [-0.4, -0.2) is 29.0 Å². The summed E-state index contributed by atoms with van der Waals surface area (Å²) in [5, 5.41) is 0.598. The highest BCUT2D eigenvalue weighted by molar-refractivity contribution is 7.99. The van der Waals surface area contributed by atoms with Gasteiger partial charge in [0.15, 0.2) is 0 Å². The number of rotatable bonds is 5. The summed E-state index contributed by atoms with van der Waals surface area (Å²) >= 11 is 2.04. The first kappa shape index (κ1) is 21.9. The minimum atomic E-state index is 0.166. The Morgan fingerprint density at radius 3 is 1.67 bits per heavy atom. The molecule has 0 radical (unpaired) electrons. The Hall–Kier alpha value is -0.110. The van der Waals surface area contributed by atoms with E-state index in [1.165, 1.54) is 18.7 Å². The summed E-state index contributed by atoms with van der Waals surface area (Å²) < 4.78 is 0. The molecule has 2 heteroatoms. The molecule has 1 saturated heterocycles. The van der Waals surface area contributed by atoms with Gasteiger partial charge < -0.3 is 4.90 Å². The van der Waals surface area contributed by atoms with Gasteiger partial charge in [0.1, 0.15) is 0 Å². The molecule has 1 nitrogen and oxygen atoms in total. The van der Waals surface area contributed by atoms with Crippen molar-refractivity contribution in [2.75, 3.05) is 12.8 Å². The fraction of sp³-hybridized carbons (Fsp3) is 0.909. The van der Waals surface area contributed by atoms with E-state index in [4.69, 9.17) is 0 Å². The van der Waals surface area contributed by atoms with Crippen molar-refractivity contribution < 1.29 is 0 Å². The van der Waals surface area contributed by atoms with Crippen LogP contribution in [0.1, 0.15) is 82.1 Å². The second kappa shape index (κ2) is 6.89. The fourth-order valence-electron chi connectivity index (χ4n) is 5.43. The van der Waals surface area contributed by atoms with Crippen LogP contribution in [0, 0.1) is 21.7 Å². The van der Waals surface area contributed by atoms with Crippen molar-refractivity contribution in [1.29, 1.82) is 0 Å². The molecule has 1 aliphatic heterocycles. The van der Waals surface area contributed by atoms with E-state index in [-0.39, 0.29) is 21.7 Å². The highest BCUT2D eigenvalue weighted by Gasteiger charge is 2.55. The topological polar surface area (TPSA) is 3.24 Å². The molecule has 1 aliphatic rings. The predicted octanol–water partition coefficient (Wildman–Crippen LogP) is 6.84. The fourth-order valence-corrected chi connectivity index (χ4v) is 7.03. The molecule has 24 heavy (non-hydrogen) atoms. The molecule has 0 spiro atoms. The Balaban J connectivity index is 3.41. The zero-order valence-corrected chi connectivity index (χ0v) is 19.2. The van der Waals surface area contributed by atoms with Crippen molar-refractivity contribution in [3.8, 4) is 0 Å². The van der Waals surface area contributed by atoms with Gasteiger partial charge in [0.25, 0.3) is 0 Å². The molecule has 2 atom stereocenters. The molecule has 0 N–H and O–H groups in total. The lowest BCUT2D eigenvalue weighted by atomic mass is 9.54. The Labute approximate surface area is 157 Å². The van der Waals surface area contributed by atoms with Crippen molar-refractivity contribution in [3.63, 3.8) is 0 Å². The first-order valence-corrected chi connectivity index (χ1v) is 10.8. The highest BCUT2D eigenvalue weighted by atomic mass is 32.2. The van der Waals surface area contributed by atoms with Gasteiger partial charge in [0, 0.05) is 23.5 Å². The maximum atomic E-state index is 4.40. The number of allylic oxidation sites excluding steroid dienone is 1. The lowest BCUT2D eigenvalue weighted by molar-refractivity contribution is -0.0520. The smallest absolute Gasteiger partial charge is 0.0391 e. The van der Waals surface area contributed by atoms with Crippen molar-refractivity contribution in [3.05, 3.63) is 12.3 Å². The van der Waals surface area contributed by atoms with Crippen molar-refractivity contribution in [2.45, 2.75) is 93.4 Å². The molecule has 0 aromatic rings. The van der Waals surface area contributed by atoms with Gasteiger partial charge in [-0.05, 0) is 40.8 Å². The van der Waals surface area contributed by atoms with Crippen molar-refractivity contribution in [2.24, 2.45) is 21.7 Å². The molecule has 0 aromatic carbocycles. The molecule has 1 heterocycles. The quantitative estimate of drug-likeness (QED) is 0.532. The van der Waals surface area contributed by atoms with Crippen LogP contribution < -0.4 is 0 Å². The standard InChI is InChI=1S/C22H43NS/c1-16-14-13-15-23(16)17(19(2,3)4)21(8,9)22(10,11)18(24-12)20(5,6)7/h17-18H,1,13-15H2,2-12H3. The Kier molecular flexibility index (Phi) is 6.30. The third-order valence-corrected chi connectivity index (χ3v) is 8.19. The van der Waals surface area contributed by atoms with Gasteiger partial charge in [-0.3, -0.25) is 0 Å². The summed E-state index contributed by atoms with van der Waals surface area (Å²) in [6.07, 6.45) is 4.70. The largest absolute Gasteiger partial charge is 0.371 e. The molecular formula is C22H43NS. The van der Waals surface area contributed by atoms with Gasteiger partial charge in [-0.2, -0.15) is 11.8 Å². The van der Waals surface area contributed by atoms with Crippen LogP contribution >= 0.6 is 11.8 Å². The Morgan fingerprint density at radius 1 is 0.875 bits per heavy atom. The van der Waals surface area contributed by atoms with Gasteiger partial charge in [0.05, 0.1) is 0 Å². The molecule has 0 aromatic heterocycles. The van der Waals surface area contributed by atoms with Gasteiger partial charge >= 0.3 is 0 Å². The summed E-state index contributed by atoms with van der Waals surface area (Å²) in [5.74, 6) is 0. The highest BCUT2D eigenvalue weighted by Crippen LogP contribution is 2.57. The van der Waals surface area contributed by atoms with Crippen LogP contribution in [0.15, 0.2) is 12.3 Å². The van der Waals surface area contributed by atoms with E-state index in [2.05, 4.69) is 87.0 Å². The molecular weight excluding hydrogens is 310 g/mol. The van der Waals surface area contributed by atoms with E-state index in [0.29, 0.717) is 11.3 Å². The van der Waals surface area contributed by atoms with E-state index in [1.54, 1.807) is 0 Å². The SMILES string of the molecule is C=C1CCCN1C(C(C)(C)C)C(C)(C)C(C)(C)C(SC)C(C)(C)C. The van der Waals surface area contributed by atoms with E-state index >= 15 is 0 Å². The molecule has 2 unspecified atom stereocenters. The zero-order valence-electron chi connectivity index (χ0n) is 18.3. The summed E-state index contributed by atoms with van der Waals surface area (Å²) in [5.41, 5.74) is 2.21. The molecule has 1 fully saturated rings. The molecule has 142 valence electrons. The number of nitrogens with zero attached hydrogens (tertiary/aromatic N) is 1. The van der Waals surface area contributed by atoms with Gasteiger partial charge in [0.2, 0.25) is 0 Å². The van der Waals surface area contributed by atoms with Crippen LogP contribution in [0.3, 0.4) is 0 Å². The molecule has 1 rings (SSSR count). The zero-order chi connectivity index (χ0) is 19.1. The lowest BCUT2D eigenvalue weighted by Crippen LogP contribution is -2.60. The summed E-state index contributed by atoms with van der Waals surface area (Å²) in [6, 6.07) is 0.493. The van der Waals surface area contributed by atoms with Crippen LogP contribution in [-0.2, 0) is 0 Å². The summed E-state index contributed by atoms with van der Waals surface area (Å²) in [6.45, 7) is 30.0. The normalized spacial score (nSPS) is 20.5. The maximum absolute atomic E-state index is 4.40. The predicted molar refractivity (Wildman–Crippen MR) is 113 cm³/mol. The van der Waals surface area contributed by atoms with E-state index in [9.17, 15) is 0 Å². The van der Waals surface area contributed by atoms with Crippen LogP contribution in [0.5, 0.6) is 0 Å². The average molecular weight is 354 g/mol. The average Bonchev–Trinajstić information content (AvgIpc) is 2.71. The van der Waals surface area contributed by atoms with Gasteiger partial charge in [-0.25, -0.2) is 0 Å². The van der Waals surface area contributed by atoms with Crippen molar-refractivity contribution in [1.82, 2.24) is 4.90 Å². The number of thioether (sulfide) groups is 1. The van der Waals surface area contributed by atoms with Crippen LogP contribution in [0.2, 0.25) is 0 Å². The van der Waals surface area contributed by atoms with Crippen LogP contribution in [0.4, 0.5) is 0 Å². The van der Waals surface area contributed by atoms with Crippen molar-refractivity contribution >= 4 is 11.8 Å². The maximum Gasteiger partial charge on any atom is 0.0391 e. The minimum absolute atomic E-state index is 0.166. The van der Waals surface area contributed by atoms with E-state index in [1.807, 2.05) is 11.8 Å². The Morgan fingerprint density at radius 2 is 1.38 bits per heavy atom. The first-order valence-electron chi connectivity index (χ1n) is 9.55. The lowest BCUT2D eigenvalue weighted by Gasteiger charge is -2.59. The molecule has 0 aliphatic carbocycles. The first-order chi connectivity index (χ1) is 10.6. The monoisotopic (exact) mass is 353 g/mol. The molecule has 0 saturated carbocycles. The molecule has 0 bridgehead atoms. The van der Waals surface area contributed by atoms with Gasteiger partial charge in [-0.1, -0.05) is 75.8 Å². The second-order valence-corrected chi connectivity index (χ2v) is 12.0. The van der Waals surface area contributed by atoms with Gasteiger partial charge in [-0.15, -0.1) is 0 Å². The second-order valence-electron chi connectivity index (χ2n) is 11.1. The minimum Gasteiger partial charge on any atom is -0.371 e. The molecule has 0 amide bonds. The number of likely N-dealkylation sites (tertiary alicyclic amines) is 1. The third kappa shape index (κ3) is 4.00. The number of hydrogen-bond acceptors (Lipinski definition) is 2. The van der Waals surface area contributed by atoms with E-state index < -0.39 is 0 Å². The third-order valence-electron chi connectivity index (χ3n) is 6.42. The summed E-state index contributed by atoms with van der Waals surface area (Å²) in [7, 11) is 0.